The van der Waals surface area contributed by atoms with Gasteiger partial charge in [0.2, 0.25) is 0 Å². The lowest BCUT2D eigenvalue weighted by molar-refractivity contribution is -0.817. The van der Waals surface area contributed by atoms with Crippen molar-refractivity contribution in [1.82, 2.24) is 0 Å². The molecule has 3 fully saturated rings. The van der Waals surface area contributed by atoms with E-state index in [1.165, 1.54) is 32.5 Å². The second kappa shape index (κ2) is 2.15. The van der Waals surface area contributed by atoms with Gasteiger partial charge in [-0.1, -0.05) is 6.92 Å². The Hall–Kier alpha value is 0.310. The van der Waals surface area contributed by atoms with Gasteiger partial charge in [0.1, 0.15) is 0 Å². The smallest absolute Gasteiger partial charge is 0.0919 e. The first kappa shape index (κ1) is 6.99. The van der Waals surface area contributed by atoms with Crippen LogP contribution in [0, 0.1) is 11.8 Å². The molecular weight excluding hydrogens is 142 g/mol. The predicted octanol–water partition coefficient (Wildman–Crippen LogP) is 1.71. The van der Waals surface area contributed by atoms with Gasteiger partial charge < -0.3 is 0 Å². The molecule has 1 unspecified atom stereocenters. The average molecular weight is 158 g/mol. The zero-order chi connectivity index (χ0) is 7.19. The summed E-state index contributed by atoms with van der Waals surface area (Å²) in [6, 6.07) is 0. The fourth-order valence-electron chi connectivity index (χ4n) is 2.51. The van der Waals surface area contributed by atoms with Crippen molar-refractivity contribution in [2.75, 3.05) is 19.6 Å². The Kier molecular flexibility index (Phi) is 1.50. The molecule has 0 spiro atoms. The zero-order valence-electron chi connectivity index (χ0n) is 6.58. The zero-order valence-corrected chi connectivity index (χ0v) is 7.48. The van der Waals surface area contributed by atoms with Crippen LogP contribution in [-0.2, 0) is 0 Å². The minimum atomic E-state index is 0.931. The highest BCUT2D eigenvalue weighted by Crippen LogP contribution is 2.38. The van der Waals surface area contributed by atoms with Crippen LogP contribution in [0.15, 0.2) is 0 Å². The summed E-state index contributed by atoms with van der Waals surface area (Å²) in [4.78, 5) is 0. The predicted molar refractivity (Wildman–Crippen MR) is 45.7 cm³/mol. The first-order chi connectivity index (χ1) is 4.70. The van der Waals surface area contributed by atoms with Crippen molar-refractivity contribution in [2.45, 2.75) is 19.8 Å². The third-order valence-electron chi connectivity index (χ3n) is 3.26. The number of fused-ring (bicyclic) bond motifs is 3. The molecule has 1 atom stereocenters. The van der Waals surface area contributed by atoms with Crippen LogP contribution in [0.4, 0.5) is 0 Å². The molecule has 10 heavy (non-hydrogen) atoms. The first-order valence-electron chi connectivity index (χ1n) is 4.28. The van der Waals surface area contributed by atoms with Crippen molar-refractivity contribution >= 4 is 12.8 Å². The van der Waals surface area contributed by atoms with Crippen LogP contribution < -0.4 is 0 Å². The van der Waals surface area contributed by atoms with Crippen LogP contribution in [0.3, 0.4) is 0 Å². The molecule has 3 aliphatic heterocycles. The lowest BCUT2D eigenvalue weighted by Crippen LogP contribution is -2.55. The van der Waals surface area contributed by atoms with Gasteiger partial charge in [-0.15, -0.1) is 0 Å². The molecule has 58 valence electrons. The van der Waals surface area contributed by atoms with E-state index in [-0.39, 0.29) is 0 Å². The summed E-state index contributed by atoms with van der Waals surface area (Å²) in [5.74, 6) is 1.96. The topological polar surface area (TPSA) is 0 Å². The van der Waals surface area contributed by atoms with E-state index in [9.17, 15) is 0 Å². The van der Waals surface area contributed by atoms with Crippen LogP contribution in [-0.4, -0.2) is 23.5 Å². The van der Waals surface area contributed by atoms with Gasteiger partial charge in [-0.2, -0.15) is 0 Å². The number of hydrogen-bond donors (Lipinski definition) is 1. The van der Waals surface area contributed by atoms with E-state index in [1.807, 2.05) is 0 Å². The highest BCUT2D eigenvalue weighted by atomic mass is 32.1. The van der Waals surface area contributed by atoms with Crippen LogP contribution in [0.25, 0.3) is 0 Å². The molecular formula is C8H16NS+. The number of rotatable bonds is 0. The summed E-state index contributed by atoms with van der Waals surface area (Å²) in [6.45, 7) is 6.33. The third-order valence-corrected chi connectivity index (χ3v) is 3.83. The highest BCUT2D eigenvalue weighted by molar-refractivity contribution is 7.74. The van der Waals surface area contributed by atoms with Gasteiger partial charge >= 0.3 is 0 Å². The Morgan fingerprint density at radius 2 is 1.90 bits per heavy atom. The standard InChI is InChI=1S/C8H16NS/c1-7-6-9(10)4-2-8(7)3-5-9/h7-8,10H,2-6H2,1H3/q+1. The Morgan fingerprint density at radius 3 is 2.20 bits per heavy atom. The molecule has 2 heteroatoms. The van der Waals surface area contributed by atoms with E-state index in [0.29, 0.717) is 0 Å². The van der Waals surface area contributed by atoms with Gasteiger partial charge in [0.05, 0.1) is 32.4 Å². The SMILES string of the molecule is CC1C[N+]2(S)CCC1CC2. The summed E-state index contributed by atoms with van der Waals surface area (Å²) in [5.41, 5.74) is 0. The van der Waals surface area contributed by atoms with E-state index in [2.05, 4.69) is 19.7 Å². The lowest BCUT2D eigenvalue weighted by Gasteiger charge is -2.47. The Labute approximate surface area is 68.5 Å². The first-order valence-corrected chi connectivity index (χ1v) is 4.68. The molecule has 0 aliphatic carbocycles. The molecule has 3 saturated heterocycles. The summed E-state index contributed by atoms with van der Waals surface area (Å²) >= 11 is 4.68. The second-order valence-corrected chi connectivity index (χ2v) is 4.89. The van der Waals surface area contributed by atoms with Gasteiger partial charge in [-0.05, 0) is 5.92 Å². The van der Waals surface area contributed by atoms with Gasteiger partial charge in [-0.25, -0.2) is 0 Å². The monoisotopic (exact) mass is 158 g/mol. The molecule has 0 aromatic heterocycles. The quantitative estimate of drug-likeness (QED) is 0.403. The third kappa shape index (κ3) is 0.978. The van der Waals surface area contributed by atoms with Gasteiger partial charge in [-0.3, -0.25) is 3.89 Å². The van der Waals surface area contributed by atoms with E-state index >= 15 is 0 Å². The van der Waals surface area contributed by atoms with Gasteiger partial charge in [0, 0.05) is 18.8 Å². The Bertz CT molecular complexity index is 138. The maximum Gasteiger partial charge on any atom is 0.0919 e. The largest absolute Gasteiger partial charge is 0.264 e. The molecule has 1 nitrogen and oxygen atoms in total. The highest BCUT2D eigenvalue weighted by Gasteiger charge is 2.42. The number of piperidine rings is 3. The number of quaternary nitrogens is 1. The molecule has 3 rings (SSSR count). The summed E-state index contributed by atoms with van der Waals surface area (Å²) in [7, 11) is 0. The fraction of sp³-hybridized carbons (Fsp3) is 1.00. The van der Waals surface area contributed by atoms with Crippen LogP contribution in [0.2, 0.25) is 0 Å². The maximum atomic E-state index is 4.68. The van der Waals surface area contributed by atoms with Gasteiger partial charge in [0.15, 0.2) is 0 Å². The van der Waals surface area contributed by atoms with Crippen molar-refractivity contribution in [3.8, 4) is 0 Å². The van der Waals surface area contributed by atoms with Crippen LogP contribution in [0.1, 0.15) is 19.8 Å². The molecule has 2 bridgehead atoms. The molecule has 0 amide bonds. The van der Waals surface area contributed by atoms with Crippen molar-refractivity contribution < 1.29 is 3.89 Å². The molecule has 0 N–H and O–H groups in total. The molecule has 3 aliphatic rings. The minimum absolute atomic E-state index is 0.931. The van der Waals surface area contributed by atoms with E-state index in [0.717, 1.165) is 15.7 Å². The Morgan fingerprint density at radius 1 is 1.30 bits per heavy atom. The van der Waals surface area contributed by atoms with Crippen LogP contribution >= 0.6 is 12.8 Å². The fourth-order valence-corrected chi connectivity index (χ4v) is 2.99. The van der Waals surface area contributed by atoms with E-state index < -0.39 is 0 Å². The molecule has 0 aromatic rings. The Balaban J connectivity index is 2.14. The van der Waals surface area contributed by atoms with E-state index in [4.69, 9.17) is 0 Å². The number of nitrogens with zero attached hydrogens (tertiary/aromatic N) is 1. The molecule has 0 radical (unpaired) electrons. The number of hydrogen-bond acceptors (Lipinski definition) is 1. The number of thiol groups is 1. The summed E-state index contributed by atoms with van der Waals surface area (Å²) < 4.78 is 1.07. The molecule has 0 aromatic carbocycles. The van der Waals surface area contributed by atoms with Crippen molar-refractivity contribution in [3.05, 3.63) is 0 Å². The average Bonchev–Trinajstić information content (AvgIpc) is 1.87. The van der Waals surface area contributed by atoms with Crippen LogP contribution in [0.5, 0.6) is 0 Å². The molecule has 3 heterocycles. The van der Waals surface area contributed by atoms with Gasteiger partial charge in [0.25, 0.3) is 0 Å². The normalized spacial score (nSPS) is 53.4. The lowest BCUT2D eigenvalue weighted by atomic mass is 9.80. The second-order valence-electron chi connectivity index (χ2n) is 4.04. The molecule has 0 saturated carbocycles. The summed E-state index contributed by atoms with van der Waals surface area (Å²) in [5, 5.41) is 0. The van der Waals surface area contributed by atoms with Crippen molar-refractivity contribution in [1.29, 1.82) is 0 Å². The minimum Gasteiger partial charge on any atom is -0.264 e. The van der Waals surface area contributed by atoms with Crippen molar-refractivity contribution in [2.24, 2.45) is 11.8 Å². The summed E-state index contributed by atoms with van der Waals surface area (Å²) in [6.07, 6.45) is 2.84. The van der Waals surface area contributed by atoms with Crippen molar-refractivity contribution in [3.63, 3.8) is 0 Å². The van der Waals surface area contributed by atoms with E-state index in [1.54, 1.807) is 0 Å². The maximum absolute atomic E-state index is 4.68.